The average molecular weight is 391 g/mol. The van der Waals surface area contributed by atoms with Crippen LogP contribution in [0, 0.1) is 6.92 Å². The van der Waals surface area contributed by atoms with Crippen molar-refractivity contribution in [3.63, 3.8) is 0 Å². The molecule has 0 spiro atoms. The highest BCUT2D eigenvalue weighted by Crippen LogP contribution is 2.21. The molecule has 1 fully saturated rings. The van der Waals surface area contributed by atoms with Crippen LogP contribution in [0.25, 0.3) is 0 Å². The number of aromatic nitrogens is 3. The Morgan fingerprint density at radius 2 is 2.11 bits per heavy atom. The van der Waals surface area contributed by atoms with Crippen LogP contribution in [0.2, 0.25) is 5.02 Å². The fourth-order valence-electron chi connectivity index (χ4n) is 3.17. The lowest BCUT2D eigenvalue weighted by Gasteiger charge is -2.23. The lowest BCUT2D eigenvalue weighted by Crippen LogP contribution is -2.35. The van der Waals surface area contributed by atoms with E-state index in [0.29, 0.717) is 10.7 Å². The summed E-state index contributed by atoms with van der Waals surface area (Å²) >= 11 is 5.91. The summed E-state index contributed by atoms with van der Waals surface area (Å²) in [6, 6.07) is 7.10. The Morgan fingerprint density at radius 3 is 2.81 bits per heavy atom. The number of amides is 2. The number of anilines is 1. The first-order chi connectivity index (χ1) is 13.0. The Balaban J connectivity index is 1.63. The summed E-state index contributed by atoms with van der Waals surface area (Å²) in [6.45, 7) is 3.60. The molecule has 2 N–H and O–H groups in total. The fraction of sp³-hybridized carbons (Fsp3) is 0.444. The number of benzene rings is 1. The summed E-state index contributed by atoms with van der Waals surface area (Å²) in [5, 5.41) is 14.8. The molecule has 0 unspecified atom stereocenters. The number of carbonyl (C=O) groups excluding carboxylic acids is 2. The molecule has 2 amide bonds. The van der Waals surface area contributed by atoms with E-state index in [1.807, 2.05) is 11.6 Å². The van der Waals surface area contributed by atoms with Crippen molar-refractivity contribution in [3.8, 4) is 0 Å². The Kier molecular flexibility index (Phi) is 6.08. The van der Waals surface area contributed by atoms with Crippen molar-refractivity contribution in [1.82, 2.24) is 25.2 Å². The quantitative estimate of drug-likeness (QED) is 0.813. The van der Waals surface area contributed by atoms with Crippen LogP contribution in [0.4, 0.5) is 5.69 Å². The molecule has 0 saturated carbocycles. The second kappa shape index (κ2) is 8.49. The highest BCUT2D eigenvalue weighted by atomic mass is 35.5. The molecule has 9 heteroatoms. The second-order valence-corrected chi connectivity index (χ2v) is 7.11. The third-order valence-corrected chi connectivity index (χ3v) is 4.86. The molecule has 1 aromatic carbocycles. The maximum absolute atomic E-state index is 12.7. The minimum Gasteiger partial charge on any atom is -0.331 e. The molecule has 144 valence electrons. The minimum atomic E-state index is -0.325. The van der Waals surface area contributed by atoms with E-state index in [1.54, 1.807) is 31.3 Å². The molecule has 0 radical (unpaired) electrons. The molecular formula is C18H23ClN6O2. The van der Waals surface area contributed by atoms with Crippen molar-refractivity contribution in [2.45, 2.75) is 25.8 Å². The standard InChI is InChI=1S/C18H23ClN6O2/c1-12-17(22-23-25(12)15-6-8-20-9-7-15)18(27)24(2)11-16(26)21-14-5-3-4-13(19)10-14/h3-5,10,15,20H,6-9,11H2,1-2H3,(H,21,26). The number of nitrogens with one attached hydrogen (secondary N) is 2. The molecule has 1 aliphatic heterocycles. The zero-order valence-electron chi connectivity index (χ0n) is 15.4. The first-order valence-corrected chi connectivity index (χ1v) is 9.27. The van der Waals surface area contributed by atoms with Gasteiger partial charge in [0, 0.05) is 17.8 Å². The van der Waals surface area contributed by atoms with Crippen molar-refractivity contribution in [2.24, 2.45) is 0 Å². The molecule has 0 bridgehead atoms. The van der Waals surface area contributed by atoms with Gasteiger partial charge < -0.3 is 15.5 Å². The van der Waals surface area contributed by atoms with Gasteiger partial charge in [0.05, 0.1) is 18.3 Å². The molecule has 0 atom stereocenters. The molecule has 2 aromatic rings. The van der Waals surface area contributed by atoms with Crippen LogP contribution in [-0.2, 0) is 4.79 Å². The van der Waals surface area contributed by atoms with Crippen molar-refractivity contribution in [3.05, 3.63) is 40.7 Å². The van der Waals surface area contributed by atoms with Crippen molar-refractivity contribution in [1.29, 1.82) is 0 Å². The maximum atomic E-state index is 12.7. The van der Waals surface area contributed by atoms with Crippen LogP contribution < -0.4 is 10.6 Å². The minimum absolute atomic E-state index is 0.0923. The molecule has 2 heterocycles. The number of likely N-dealkylation sites (N-methyl/N-ethyl adjacent to an activating group) is 1. The Labute approximate surface area is 162 Å². The highest BCUT2D eigenvalue weighted by molar-refractivity contribution is 6.30. The normalized spacial score (nSPS) is 14.8. The van der Waals surface area contributed by atoms with E-state index in [4.69, 9.17) is 11.6 Å². The third kappa shape index (κ3) is 4.64. The van der Waals surface area contributed by atoms with Crippen molar-refractivity contribution >= 4 is 29.1 Å². The summed E-state index contributed by atoms with van der Waals surface area (Å²) in [4.78, 5) is 26.2. The molecule has 8 nitrogen and oxygen atoms in total. The van der Waals surface area contributed by atoms with E-state index >= 15 is 0 Å². The van der Waals surface area contributed by atoms with Gasteiger partial charge >= 0.3 is 0 Å². The summed E-state index contributed by atoms with van der Waals surface area (Å²) < 4.78 is 1.83. The van der Waals surface area contributed by atoms with Crippen molar-refractivity contribution < 1.29 is 9.59 Å². The first-order valence-electron chi connectivity index (χ1n) is 8.89. The number of carbonyl (C=O) groups is 2. The number of hydrogen-bond donors (Lipinski definition) is 2. The lowest BCUT2D eigenvalue weighted by atomic mass is 10.1. The van der Waals surface area contributed by atoms with Crippen LogP contribution in [0.3, 0.4) is 0 Å². The summed E-state index contributed by atoms with van der Waals surface area (Å²) in [6.07, 6.45) is 1.91. The van der Waals surface area contributed by atoms with E-state index in [2.05, 4.69) is 20.9 Å². The van der Waals surface area contributed by atoms with Gasteiger partial charge in [-0.3, -0.25) is 9.59 Å². The topological polar surface area (TPSA) is 92.2 Å². The molecule has 0 aliphatic carbocycles. The van der Waals surface area contributed by atoms with Gasteiger partial charge in [-0.25, -0.2) is 4.68 Å². The van der Waals surface area contributed by atoms with E-state index in [0.717, 1.165) is 31.6 Å². The predicted octanol–water partition coefficient (Wildman–Crippen LogP) is 1.88. The fourth-order valence-corrected chi connectivity index (χ4v) is 3.36. The molecule has 1 aliphatic rings. The zero-order valence-corrected chi connectivity index (χ0v) is 16.2. The second-order valence-electron chi connectivity index (χ2n) is 6.67. The average Bonchev–Trinajstić information content (AvgIpc) is 3.03. The van der Waals surface area contributed by atoms with Gasteiger partial charge in [0.25, 0.3) is 5.91 Å². The lowest BCUT2D eigenvalue weighted by molar-refractivity contribution is -0.116. The van der Waals surface area contributed by atoms with E-state index in [-0.39, 0.29) is 30.1 Å². The van der Waals surface area contributed by atoms with Gasteiger partial charge in [-0.1, -0.05) is 22.9 Å². The number of piperidine rings is 1. The molecule has 1 aromatic heterocycles. The van der Waals surface area contributed by atoms with Crippen LogP contribution in [0.1, 0.15) is 35.1 Å². The number of hydrogen-bond acceptors (Lipinski definition) is 5. The number of halogens is 1. The van der Waals surface area contributed by atoms with Crippen LogP contribution in [0.5, 0.6) is 0 Å². The van der Waals surface area contributed by atoms with E-state index in [1.165, 1.54) is 4.90 Å². The molecule has 27 heavy (non-hydrogen) atoms. The Bertz CT molecular complexity index is 831. The van der Waals surface area contributed by atoms with Crippen LogP contribution >= 0.6 is 11.6 Å². The van der Waals surface area contributed by atoms with Crippen LogP contribution in [-0.4, -0.2) is 58.4 Å². The van der Waals surface area contributed by atoms with Gasteiger partial charge in [-0.05, 0) is 51.1 Å². The summed E-state index contributed by atoms with van der Waals surface area (Å²) in [5.41, 5.74) is 1.60. The van der Waals surface area contributed by atoms with Gasteiger partial charge in [0.2, 0.25) is 5.91 Å². The highest BCUT2D eigenvalue weighted by Gasteiger charge is 2.25. The van der Waals surface area contributed by atoms with Crippen molar-refractivity contribution in [2.75, 3.05) is 32.0 Å². The smallest absolute Gasteiger partial charge is 0.276 e. The maximum Gasteiger partial charge on any atom is 0.276 e. The van der Waals surface area contributed by atoms with Gasteiger partial charge in [0.1, 0.15) is 0 Å². The summed E-state index contributed by atoms with van der Waals surface area (Å²) in [7, 11) is 1.57. The van der Waals surface area contributed by atoms with Gasteiger partial charge in [-0.2, -0.15) is 0 Å². The number of nitrogens with zero attached hydrogens (tertiary/aromatic N) is 4. The Hall–Kier alpha value is -2.45. The van der Waals surface area contributed by atoms with Gasteiger partial charge in [-0.15, -0.1) is 5.10 Å². The first kappa shape index (κ1) is 19.3. The molecule has 1 saturated heterocycles. The van der Waals surface area contributed by atoms with Crippen LogP contribution in [0.15, 0.2) is 24.3 Å². The van der Waals surface area contributed by atoms with E-state index in [9.17, 15) is 9.59 Å². The van der Waals surface area contributed by atoms with Gasteiger partial charge in [0.15, 0.2) is 5.69 Å². The zero-order chi connectivity index (χ0) is 19.4. The van der Waals surface area contributed by atoms with E-state index < -0.39 is 0 Å². The molecular weight excluding hydrogens is 368 g/mol. The predicted molar refractivity (Wildman–Crippen MR) is 103 cm³/mol. The third-order valence-electron chi connectivity index (χ3n) is 4.62. The molecule has 3 rings (SSSR count). The summed E-state index contributed by atoms with van der Waals surface area (Å²) in [5.74, 6) is -0.634. The Morgan fingerprint density at radius 1 is 1.37 bits per heavy atom. The SMILES string of the molecule is Cc1c(C(=O)N(C)CC(=O)Nc2cccc(Cl)c2)nnn1C1CCNCC1. The number of rotatable bonds is 5. The largest absolute Gasteiger partial charge is 0.331 e. The monoisotopic (exact) mass is 390 g/mol.